The molecule has 0 radical (unpaired) electrons. The van der Waals surface area contributed by atoms with E-state index >= 15 is 0 Å². The van der Waals surface area contributed by atoms with E-state index in [1.54, 1.807) is 30.4 Å². The van der Waals surface area contributed by atoms with Crippen molar-refractivity contribution in [2.75, 3.05) is 7.11 Å². The molecule has 0 saturated carbocycles. The molecular formula is C14H22O3P+. The monoisotopic (exact) mass is 269 g/mol. The maximum absolute atomic E-state index is 12.0. The molecule has 0 aromatic rings. The second-order valence-electron chi connectivity index (χ2n) is 3.59. The van der Waals surface area contributed by atoms with E-state index < -0.39 is 13.4 Å². The minimum atomic E-state index is -1.89. The molecule has 1 atom stereocenters. The lowest BCUT2D eigenvalue weighted by atomic mass is 10.2. The zero-order valence-corrected chi connectivity index (χ0v) is 12.3. The van der Waals surface area contributed by atoms with E-state index in [1.165, 1.54) is 7.11 Å². The molecule has 0 rings (SSSR count). The molecule has 0 bridgehead atoms. The van der Waals surface area contributed by atoms with Crippen molar-refractivity contribution >= 4 is 8.03 Å². The quantitative estimate of drug-likeness (QED) is 0.345. The summed E-state index contributed by atoms with van der Waals surface area (Å²) >= 11 is 0. The van der Waals surface area contributed by atoms with Gasteiger partial charge < -0.3 is 4.74 Å². The summed E-state index contributed by atoms with van der Waals surface area (Å²) in [5.74, 6) is 0.567. The van der Waals surface area contributed by atoms with Gasteiger partial charge >= 0.3 is 13.4 Å². The van der Waals surface area contributed by atoms with Crippen molar-refractivity contribution in [2.24, 2.45) is 0 Å². The molecule has 0 aromatic carbocycles. The summed E-state index contributed by atoms with van der Waals surface area (Å²) in [6, 6.07) is 0. The van der Waals surface area contributed by atoms with Gasteiger partial charge in [-0.15, -0.1) is 4.52 Å². The van der Waals surface area contributed by atoms with Crippen LogP contribution < -0.4 is 0 Å². The maximum Gasteiger partial charge on any atom is 0.556 e. The van der Waals surface area contributed by atoms with Crippen LogP contribution in [0.2, 0.25) is 0 Å². The van der Waals surface area contributed by atoms with Crippen molar-refractivity contribution < 1.29 is 13.8 Å². The lowest BCUT2D eigenvalue weighted by molar-refractivity contribution is 0.0655. The fourth-order valence-electron chi connectivity index (χ4n) is 1.45. The van der Waals surface area contributed by atoms with Crippen LogP contribution >= 0.6 is 8.03 Å². The Labute approximate surface area is 111 Å². The second-order valence-corrected chi connectivity index (χ2v) is 5.28. The summed E-state index contributed by atoms with van der Waals surface area (Å²) in [5, 5.41) is -0.799. The van der Waals surface area contributed by atoms with E-state index in [-0.39, 0.29) is 0 Å². The van der Waals surface area contributed by atoms with Crippen LogP contribution in [0.4, 0.5) is 0 Å². The van der Waals surface area contributed by atoms with Gasteiger partial charge in [0.25, 0.3) is 0 Å². The Morgan fingerprint density at radius 3 is 2.28 bits per heavy atom. The van der Waals surface area contributed by atoms with Gasteiger partial charge in [0.15, 0.2) is 0 Å². The molecule has 0 aromatic heterocycles. The topological polar surface area (TPSA) is 35.5 Å². The Balaban J connectivity index is 5.11. The highest BCUT2D eigenvalue weighted by Gasteiger charge is 2.50. The Bertz CT molecular complexity index is 352. The lowest BCUT2D eigenvalue weighted by Crippen LogP contribution is -2.26. The van der Waals surface area contributed by atoms with Crippen molar-refractivity contribution in [1.29, 1.82) is 0 Å². The van der Waals surface area contributed by atoms with E-state index in [0.717, 1.165) is 0 Å². The third-order valence-electron chi connectivity index (χ3n) is 2.62. The molecule has 0 aliphatic rings. The molecule has 0 N–H and O–H groups in total. The molecule has 0 aliphatic carbocycles. The summed E-state index contributed by atoms with van der Waals surface area (Å²) in [5.41, 5.74) is 0. The number of hydrogen-bond acceptors (Lipinski definition) is 3. The van der Waals surface area contributed by atoms with E-state index in [9.17, 15) is 4.57 Å². The van der Waals surface area contributed by atoms with Crippen LogP contribution in [-0.2, 0) is 13.8 Å². The van der Waals surface area contributed by atoms with E-state index in [2.05, 4.69) is 13.2 Å². The first-order valence-corrected chi connectivity index (χ1v) is 7.10. The standard InChI is InChI=1S/C14H22O3P/c1-6-10-11-12-13(7-2)17-14(8-3,9-4)18(15)16-5/h6-7,10-12H,1-2,8-9H2,3-5H3/q+1/b11-10-,13-12+. The zero-order chi connectivity index (χ0) is 14.0. The van der Waals surface area contributed by atoms with Crippen molar-refractivity contribution in [2.45, 2.75) is 32.0 Å². The van der Waals surface area contributed by atoms with Gasteiger partial charge in [-0.05, 0) is 16.7 Å². The smallest absolute Gasteiger partial charge is 0.442 e. The van der Waals surface area contributed by atoms with Crippen LogP contribution in [0.1, 0.15) is 26.7 Å². The first kappa shape index (κ1) is 16.8. The normalized spacial score (nSPS) is 13.5. The van der Waals surface area contributed by atoms with E-state index in [0.29, 0.717) is 18.6 Å². The number of allylic oxidation sites excluding steroid dienone is 5. The summed E-state index contributed by atoms with van der Waals surface area (Å²) < 4.78 is 22.8. The zero-order valence-electron chi connectivity index (χ0n) is 11.4. The van der Waals surface area contributed by atoms with Crippen LogP contribution in [0.15, 0.2) is 49.3 Å². The molecule has 0 aliphatic heterocycles. The van der Waals surface area contributed by atoms with Gasteiger partial charge in [-0.1, -0.05) is 45.2 Å². The summed E-state index contributed by atoms with van der Waals surface area (Å²) in [7, 11) is -0.461. The predicted octanol–water partition coefficient (Wildman–Crippen LogP) is 4.72. The maximum atomic E-state index is 12.0. The molecule has 100 valence electrons. The largest absolute Gasteiger partial charge is 0.556 e. The Hall–Kier alpha value is -1.18. The van der Waals surface area contributed by atoms with Crippen LogP contribution in [0.25, 0.3) is 0 Å². The third kappa shape index (κ3) is 4.59. The molecule has 0 saturated heterocycles. The third-order valence-corrected chi connectivity index (χ3v) is 4.34. The average Bonchev–Trinajstić information content (AvgIpc) is 2.42. The van der Waals surface area contributed by atoms with Crippen LogP contribution in [0.5, 0.6) is 0 Å². The lowest BCUT2D eigenvalue weighted by Gasteiger charge is -2.21. The molecule has 18 heavy (non-hydrogen) atoms. The Kier molecular flexibility index (Phi) is 8.27. The highest BCUT2D eigenvalue weighted by Crippen LogP contribution is 2.46. The van der Waals surface area contributed by atoms with Crippen molar-refractivity contribution in [3.63, 3.8) is 0 Å². The highest BCUT2D eigenvalue weighted by molar-refractivity contribution is 7.40. The van der Waals surface area contributed by atoms with E-state index in [4.69, 9.17) is 9.26 Å². The van der Waals surface area contributed by atoms with E-state index in [1.807, 2.05) is 13.8 Å². The fraction of sp³-hybridized carbons (Fsp3) is 0.429. The van der Waals surface area contributed by atoms with Gasteiger partial charge in [-0.25, -0.2) is 0 Å². The molecular weight excluding hydrogens is 247 g/mol. The summed E-state index contributed by atoms with van der Waals surface area (Å²) in [6.45, 7) is 11.1. The van der Waals surface area contributed by atoms with Gasteiger partial charge in [0.2, 0.25) is 0 Å². The average molecular weight is 269 g/mol. The van der Waals surface area contributed by atoms with Gasteiger partial charge in [0.1, 0.15) is 5.76 Å². The minimum Gasteiger partial charge on any atom is -0.442 e. The Morgan fingerprint density at radius 2 is 1.89 bits per heavy atom. The van der Waals surface area contributed by atoms with Crippen LogP contribution in [0.3, 0.4) is 0 Å². The molecule has 0 spiro atoms. The van der Waals surface area contributed by atoms with Gasteiger partial charge in [-0.3, -0.25) is 0 Å². The molecule has 0 heterocycles. The summed E-state index contributed by atoms with van der Waals surface area (Å²) in [6.07, 6.45) is 9.79. The summed E-state index contributed by atoms with van der Waals surface area (Å²) in [4.78, 5) is 0. The number of hydrogen-bond donors (Lipinski definition) is 0. The number of ether oxygens (including phenoxy) is 1. The Morgan fingerprint density at radius 1 is 1.28 bits per heavy atom. The number of rotatable bonds is 9. The van der Waals surface area contributed by atoms with Crippen molar-refractivity contribution in [3.8, 4) is 0 Å². The van der Waals surface area contributed by atoms with Gasteiger partial charge in [0.05, 0.1) is 7.11 Å². The van der Waals surface area contributed by atoms with Crippen LogP contribution in [0, 0.1) is 0 Å². The fourth-order valence-corrected chi connectivity index (χ4v) is 2.48. The highest BCUT2D eigenvalue weighted by atomic mass is 31.1. The van der Waals surface area contributed by atoms with Gasteiger partial charge in [0, 0.05) is 12.8 Å². The SMILES string of the molecule is C=C/C=C\C=C(/C=C)OC(CC)(CC)[P+](=O)OC. The first-order valence-electron chi connectivity index (χ1n) is 5.92. The molecule has 3 nitrogen and oxygen atoms in total. The second kappa shape index (κ2) is 8.84. The first-order chi connectivity index (χ1) is 8.60. The predicted molar refractivity (Wildman–Crippen MR) is 76.6 cm³/mol. The molecule has 0 amide bonds. The molecule has 1 unspecified atom stereocenters. The van der Waals surface area contributed by atoms with Crippen LogP contribution in [-0.4, -0.2) is 12.5 Å². The molecule has 4 heteroatoms. The minimum absolute atomic E-state index is 0.567. The molecule has 0 fully saturated rings. The van der Waals surface area contributed by atoms with Crippen molar-refractivity contribution in [1.82, 2.24) is 0 Å². The van der Waals surface area contributed by atoms with Crippen molar-refractivity contribution in [3.05, 3.63) is 49.3 Å². The van der Waals surface area contributed by atoms with Gasteiger partial charge in [-0.2, -0.15) is 0 Å².